The van der Waals surface area contributed by atoms with Gasteiger partial charge in [-0.2, -0.15) is 0 Å². The molecule has 0 saturated heterocycles. The summed E-state index contributed by atoms with van der Waals surface area (Å²) in [5.74, 6) is 0. The summed E-state index contributed by atoms with van der Waals surface area (Å²) < 4.78 is 4.48. The predicted octanol–water partition coefficient (Wildman–Crippen LogP) is 4.04. The molecule has 1 atom stereocenters. The Balaban J connectivity index is 2.12. The molecule has 0 aliphatic carbocycles. The van der Waals surface area contributed by atoms with E-state index in [2.05, 4.69) is 21.4 Å². The van der Waals surface area contributed by atoms with Crippen molar-refractivity contribution in [2.75, 3.05) is 7.05 Å². The molecule has 96 valence electrons. The summed E-state index contributed by atoms with van der Waals surface area (Å²) in [4.78, 5) is 2.14. The zero-order chi connectivity index (χ0) is 13.1. The van der Waals surface area contributed by atoms with Crippen molar-refractivity contribution in [3.05, 3.63) is 44.9 Å². The lowest BCUT2D eigenvalue weighted by Gasteiger charge is -2.25. The molecule has 1 unspecified atom stereocenters. The van der Waals surface area contributed by atoms with Gasteiger partial charge in [-0.1, -0.05) is 45.9 Å². The van der Waals surface area contributed by atoms with Crippen LogP contribution in [0.3, 0.4) is 0 Å². The minimum atomic E-state index is 0.191. The standard InChI is InChI=1S/C12H13Cl2N3S/c1-8(9-5-3-4-6-10(9)13)17(2)7-11-12(14)18-16-15-11/h3-6,8H,7H2,1-2H3. The Kier molecular flexibility index (Phi) is 4.56. The van der Waals surface area contributed by atoms with E-state index in [1.54, 1.807) is 0 Å². The second-order valence-corrected chi connectivity index (χ2v) is 5.87. The first-order chi connectivity index (χ1) is 8.59. The second-order valence-electron chi connectivity index (χ2n) is 4.11. The van der Waals surface area contributed by atoms with Crippen LogP contribution in [0.2, 0.25) is 9.36 Å². The third-order valence-corrected chi connectivity index (χ3v) is 4.25. The topological polar surface area (TPSA) is 29.0 Å². The van der Waals surface area contributed by atoms with Gasteiger partial charge in [0.25, 0.3) is 0 Å². The average molecular weight is 302 g/mol. The van der Waals surface area contributed by atoms with Crippen molar-refractivity contribution in [2.24, 2.45) is 0 Å². The maximum Gasteiger partial charge on any atom is 0.138 e. The highest BCUT2D eigenvalue weighted by Gasteiger charge is 2.17. The summed E-state index contributed by atoms with van der Waals surface area (Å²) in [6, 6.07) is 8.04. The third-order valence-electron chi connectivity index (χ3n) is 2.93. The van der Waals surface area contributed by atoms with Gasteiger partial charge in [-0.25, -0.2) is 0 Å². The van der Waals surface area contributed by atoms with Crippen LogP contribution in [0.5, 0.6) is 0 Å². The fourth-order valence-corrected chi connectivity index (χ4v) is 2.62. The van der Waals surface area contributed by atoms with Crippen LogP contribution in [0.4, 0.5) is 0 Å². The molecule has 1 aromatic heterocycles. The van der Waals surface area contributed by atoms with Crippen molar-refractivity contribution in [1.82, 2.24) is 14.5 Å². The van der Waals surface area contributed by atoms with Crippen molar-refractivity contribution in [2.45, 2.75) is 19.5 Å². The fourth-order valence-electron chi connectivity index (χ4n) is 1.72. The van der Waals surface area contributed by atoms with E-state index in [1.165, 1.54) is 11.5 Å². The Labute approximate surface area is 121 Å². The van der Waals surface area contributed by atoms with Crippen molar-refractivity contribution >= 4 is 34.7 Å². The molecular formula is C12H13Cl2N3S. The molecule has 2 aromatic rings. The summed E-state index contributed by atoms with van der Waals surface area (Å²) >= 11 is 13.4. The monoisotopic (exact) mass is 301 g/mol. The summed E-state index contributed by atoms with van der Waals surface area (Å²) in [5, 5.41) is 4.79. The van der Waals surface area contributed by atoms with E-state index >= 15 is 0 Å². The van der Waals surface area contributed by atoms with Gasteiger partial charge in [-0.15, -0.1) is 5.10 Å². The predicted molar refractivity (Wildman–Crippen MR) is 76.3 cm³/mol. The summed E-state index contributed by atoms with van der Waals surface area (Å²) in [5.41, 5.74) is 1.91. The number of halogens is 2. The Bertz CT molecular complexity index is 530. The number of hydrogen-bond acceptors (Lipinski definition) is 4. The molecule has 0 amide bonds. The van der Waals surface area contributed by atoms with Crippen molar-refractivity contribution < 1.29 is 0 Å². The van der Waals surface area contributed by atoms with E-state index in [4.69, 9.17) is 23.2 Å². The Morgan fingerprint density at radius 2 is 2.06 bits per heavy atom. The van der Waals surface area contributed by atoms with Gasteiger partial charge in [0.05, 0.1) is 0 Å². The molecule has 0 N–H and O–H groups in total. The summed E-state index contributed by atoms with van der Waals surface area (Å²) in [6.07, 6.45) is 0. The second kappa shape index (κ2) is 5.97. The van der Waals surface area contributed by atoms with Crippen molar-refractivity contribution in [3.8, 4) is 0 Å². The molecule has 0 aliphatic heterocycles. The zero-order valence-corrected chi connectivity index (χ0v) is 12.4. The van der Waals surface area contributed by atoms with Gasteiger partial charge < -0.3 is 0 Å². The van der Waals surface area contributed by atoms with Gasteiger partial charge >= 0.3 is 0 Å². The van der Waals surface area contributed by atoms with Crippen LogP contribution in [0.1, 0.15) is 24.2 Å². The molecule has 18 heavy (non-hydrogen) atoms. The lowest BCUT2D eigenvalue weighted by atomic mass is 10.1. The quantitative estimate of drug-likeness (QED) is 0.853. The van der Waals surface area contributed by atoms with Crippen LogP contribution < -0.4 is 0 Å². The van der Waals surface area contributed by atoms with Crippen molar-refractivity contribution in [3.63, 3.8) is 0 Å². The zero-order valence-electron chi connectivity index (χ0n) is 10.1. The highest BCUT2D eigenvalue weighted by atomic mass is 35.5. The number of nitrogens with zero attached hydrogens (tertiary/aromatic N) is 3. The van der Waals surface area contributed by atoms with E-state index in [0.29, 0.717) is 10.9 Å². The van der Waals surface area contributed by atoms with Crippen LogP contribution >= 0.6 is 34.7 Å². The lowest BCUT2D eigenvalue weighted by Crippen LogP contribution is -2.22. The van der Waals surface area contributed by atoms with Gasteiger partial charge in [-0.05, 0) is 25.6 Å². The van der Waals surface area contributed by atoms with Crippen LogP contribution in [0.15, 0.2) is 24.3 Å². The molecule has 0 aliphatic rings. The number of aromatic nitrogens is 2. The molecule has 2 rings (SSSR count). The largest absolute Gasteiger partial charge is 0.294 e. The van der Waals surface area contributed by atoms with E-state index in [1.807, 2.05) is 31.3 Å². The number of rotatable bonds is 4. The SMILES string of the molecule is CC(c1ccccc1Cl)N(C)Cc1nnsc1Cl. The number of benzene rings is 1. The first-order valence-electron chi connectivity index (χ1n) is 5.51. The molecule has 0 fully saturated rings. The highest BCUT2D eigenvalue weighted by molar-refractivity contribution is 7.10. The fraction of sp³-hybridized carbons (Fsp3) is 0.333. The Hall–Kier alpha value is -0.680. The van der Waals surface area contributed by atoms with E-state index in [-0.39, 0.29) is 6.04 Å². The minimum Gasteiger partial charge on any atom is -0.294 e. The smallest absolute Gasteiger partial charge is 0.138 e. The molecule has 0 spiro atoms. The average Bonchev–Trinajstić information content (AvgIpc) is 2.75. The van der Waals surface area contributed by atoms with E-state index in [9.17, 15) is 0 Å². The normalized spacial score (nSPS) is 12.9. The van der Waals surface area contributed by atoms with Crippen LogP contribution in [0.25, 0.3) is 0 Å². The lowest BCUT2D eigenvalue weighted by molar-refractivity contribution is 0.250. The molecule has 0 saturated carbocycles. The van der Waals surface area contributed by atoms with Crippen molar-refractivity contribution in [1.29, 1.82) is 0 Å². The van der Waals surface area contributed by atoms with E-state index in [0.717, 1.165) is 16.3 Å². The van der Waals surface area contributed by atoms with Crippen LogP contribution in [0, 0.1) is 0 Å². The third kappa shape index (κ3) is 3.01. The summed E-state index contributed by atoms with van der Waals surface area (Å²) in [7, 11) is 2.02. The first-order valence-corrected chi connectivity index (χ1v) is 7.04. The molecular weight excluding hydrogens is 289 g/mol. The minimum absolute atomic E-state index is 0.191. The Morgan fingerprint density at radius 1 is 1.33 bits per heavy atom. The molecule has 0 radical (unpaired) electrons. The van der Waals surface area contributed by atoms with Crippen LogP contribution in [-0.4, -0.2) is 21.5 Å². The van der Waals surface area contributed by atoms with Gasteiger partial charge in [0.1, 0.15) is 10.0 Å². The Morgan fingerprint density at radius 3 is 2.67 bits per heavy atom. The van der Waals surface area contributed by atoms with E-state index < -0.39 is 0 Å². The summed E-state index contributed by atoms with van der Waals surface area (Å²) in [6.45, 7) is 2.76. The first kappa shape index (κ1) is 13.7. The molecule has 1 heterocycles. The maximum absolute atomic E-state index is 6.20. The maximum atomic E-state index is 6.20. The van der Waals surface area contributed by atoms with Gasteiger partial charge in [-0.3, -0.25) is 4.90 Å². The van der Waals surface area contributed by atoms with Gasteiger partial charge in [0.15, 0.2) is 0 Å². The molecule has 1 aromatic carbocycles. The van der Waals surface area contributed by atoms with Gasteiger partial charge in [0, 0.05) is 29.1 Å². The number of hydrogen-bond donors (Lipinski definition) is 0. The molecule has 0 bridgehead atoms. The van der Waals surface area contributed by atoms with Crippen LogP contribution in [-0.2, 0) is 6.54 Å². The molecule has 6 heteroatoms. The molecule has 3 nitrogen and oxygen atoms in total. The highest BCUT2D eigenvalue weighted by Crippen LogP contribution is 2.28. The van der Waals surface area contributed by atoms with Gasteiger partial charge in [0.2, 0.25) is 0 Å².